The van der Waals surface area contributed by atoms with Crippen LogP contribution in [-0.2, 0) is 10.0 Å². The predicted octanol–water partition coefficient (Wildman–Crippen LogP) is 2.14. The average Bonchev–Trinajstić information content (AvgIpc) is 2.73. The first kappa shape index (κ1) is 25.5. The molecule has 0 atom stereocenters. The number of aliphatic hydroxyl groups is 2. The lowest BCUT2D eigenvalue weighted by Crippen LogP contribution is -2.29. The van der Waals surface area contributed by atoms with Gasteiger partial charge in [0.2, 0.25) is 10.0 Å². The third-order valence-corrected chi connectivity index (χ3v) is 6.39. The van der Waals surface area contributed by atoms with Crippen LogP contribution in [-0.4, -0.2) is 74.4 Å². The monoisotopic (exact) mass is 470 g/mol. The summed E-state index contributed by atoms with van der Waals surface area (Å²) in [7, 11) is -1.57. The van der Waals surface area contributed by atoms with E-state index >= 15 is 0 Å². The number of sulfonamides is 1. The van der Waals surface area contributed by atoms with Crippen molar-refractivity contribution in [3.8, 4) is 11.5 Å². The number of halogens is 1. The number of anilines is 1. The summed E-state index contributed by atoms with van der Waals surface area (Å²) >= 11 is 0. The van der Waals surface area contributed by atoms with Crippen molar-refractivity contribution in [3.63, 3.8) is 0 Å². The highest BCUT2D eigenvalue weighted by Crippen LogP contribution is 2.41. The second kappa shape index (κ2) is 11.2. The van der Waals surface area contributed by atoms with Crippen molar-refractivity contribution in [3.05, 3.63) is 47.8 Å². The maximum atomic E-state index is 13.7. The van der Waals surface area contributed by atoms with Crippen LogP contribution in [0.15, 0.2) is 41.3 Å². The van der Waals surface area contributed by atoms with E-state index in [1.54, 1.807) is 4.90 Å². The first-order chi connectivity index (χ1) is 15.1. The smallest absolute Gasteiger partial charge is 0.335 e. The number of carboxylic acid groups (broad SMARTS) is 1. The molecular formula is C21H27FN2O7S. The number of hydrogen-bond acceptors (Lipinski definition) is 7. The summed E-state index contributed by atoms with van der Waals surface area (Å²) in [5.74, 6) is -2.09. The van der Waals surface area contributed by atoms with E-state index < -0.39 is 26.7 Å². The highest BCUT2D eigenvalue weighted by molar-refractivity contribution is 7.89. The summed E-state index contributed by atoms with van der Waals surface area (Å²) in [6, 6.07) is 7.37. The number of carboxylic acids is 1. The zero-order valence-electron chi connectivity index (χ0n) is 17.9. The Kier molecular flexibility index (Phi) is 8.96. The molecule has 0 saturated carbocycles. The molecule has 0 radical (unpaired) electrons. The van der Waals surface area contributed by atoms with Crippen molar-refractivity contribution in [1.82, 2.24) is 4.31 Å². The van der Waals surface area contributed by atoms with Crippen LogP contribution >= 0.6 is 0 Å². The minimum atomic E-state index is -4.17. The van der Waals surface area contributed by atoms with Crippen LogP contribution in [0.25, 0.3) is 0 Å². The molecular weight excluding hydrogens is 443 g/mol. The molecule has 11 heteroatoms. The van der Waals surface area contributed by atoms with Crippen molar-refractivity contribution in [1.29, 1.82) is 0 Å². The van der Waals surface area contributed by atoms with Gasteiger partial charge in [-0.05, 0) is 37.1 Å². The Labute approximate surface area is 186 Å². The lowest BCUT2D eigenvalue weighted by molar-refractivity contribution is 0.0696. The van der Waals surface area contributed by atoms with Gasteiger partial charge in [0.05, 0.1) is 11.3 Å². The number of benzene rings is 2. The fraction of sp³-hybridized carbons (Fsp3) is 0.381. The lowest BCUT2D eigenvalue weighted by atomic mass is 10.1. The van der Waals surface area contributed by atoms with Gasteiger partial charge in [0.25, 0.3) is 0 Å². The molecule has 0 amide bonds. The van der Waals surface area contributed by atoms with Gasteiger partial charge in [0.15, 0.2) is 5.75 Å². The van der Waals surface area contributed by atoms with Gasteiger partial charge in [0.1, 0.15) is 16.5 Å². The molecule has 9 nitrogen and oxygen atoms in total. The van der Waals surface area contributed by atoms with Crippen LogP contribution < -0.4 is 9.64 Å². The van der Waals surface area contributed by atoms with Gasteiger partial charge < -0.3 is 25.0 Å². The van der Waals surface area contributed by atoms with Crippen molar-refractivity contribution >= 4 is 21.7 Å². The number of aliphatic hydroxyl groups excluding tert-OH is 2. The molecule has 0 aliphatic rings. The fourth-order valence-electron chi connectivity index (χ4n) is 2.96. The number of rotatable bonds is 12. The van der Waals surface area contributed by atoms with Gasteiger partial charge in [-0.15, -0.1) is 0 Å². The van der Waals surface area contributed by atoms with Crippen molar-refractivity contribution in [2.75, 3.05) is 45.3 Å². The molecule has 0 heterocycles. The van der Waals surface area contributed by atoms with Gasteiger partial charge in [-0.25, -0.2) is 21.9 Å². The summed E-state index contributed by atoms with van der Waals surface area (Å²) in [5.41, 5.74) is -0.151. The van der Waals surface area contributed by atoms with Crippen LogP contribution in [0.4, 0.5) is 10.1 Å². The molecule has 176 valence electrons. The molecule has 0 spiro atoms. The molecule has 0 aliphatic carbocycles. The topological polar surface area (TPSA) is 128 Å². The van der Waals surface area contributed by atoms with E-state index in [1.165, 1.54) is 38.4 Å². The summed E-state index contributed by atoms with van der Waals surface area (Å²) in [4.78, 5) is 13.0. The average molecular weight is 471 g/mol. The van der Waals surface area contributed by atoms with Gasteiger partial charge in [-0.3, -0.25) is 0 Å². The second-order valence-electron chi connectivity index (χ2n) is 7.12. The second-order valence-corrected chi connectivity index (χ2v) is 9.24. The summed E-state index contributed by atoms with van der Waals surface area (Å²) in [6.45, 7) is 0.162. The summed E-state index contributed by atoms with van der Waals surface area (Å²) < 4.78 is 46.6. The third-order valence-electron chi connectivity index (χ3n) is 4.57. The summed E-state index contributed by atoms with van der Waals surface area (Å²) in [5, 5.41) is 28.1. The molecule has 3 N–H and O–H groups in total. The highest BCUT2D eigenvalue weighted by atomic mass is 32.2. The van der Waals surface area contributed by atoms with Gasteiger partial charge in [-0.2, -0.15) is 0 Å². The molecule has 32 heavy (non-hydrogen) atoms. The number of ether oxygens (including phenoxy) is 1. The van der Waals surface area contributed by atoms with E-state index in [0.717, 1.165) is 16.4 Å². The van der Waals surface area contributed by atoms with Crippen LogP contribution in [0, 0.1) is 5.82 Å². The maximum Gasteiger partial charge on any atom is 0.335 e. The van der Waals surface area contributed by atoms with Gasteiger partial charge in [-0.1, -0.05) is 6.07 Å². The Hall–Kier alpha value is -2.73. The van der Waals surface area contributed by atoms with E-state index in [2.05, 4.69) is 0 Å². The van der Waals surface area contributed by atoms with E-state index in [9.17, 15) is 32.9 Å². The largest absolute Gasteiger partial charge is 0.478 e. The molecule has 0 fully saturated rings. The van der Waals surface area contributed by atoms with Crippen molar-refractivity contribution < 1.29 is 37.7 Å². The molecule has 0 saturated heterocycles. The molecule has 2 aromatic rings. The van der Waals surface area contributed by atoms with Crippen molar-refractivity contribution in [2.45, 2.75) is 17.7 Å². The van der Waals surface area contributed by atoms with Crippen LogP contribution in [0.5, 0.6) is 11.5 Å². The Morgan fingerprint density at radius 2 is 1.69 bits per heavy atom. The zero-order valence-corrected chi connectivity index (χ0v) is 18.7. The summed E-state index contributed by atoms with van der Waals surface area (Å²) in [6.07, 6.45) is 0.607. The minimum absolute atomic E-state index is 0.0220. The number of carbonyl (C=O) groups is 1. The quantitative estimate of drug-likeness (QED) is 0.431. The van der Waals surface area contributed by atoms with Crippen LogP contribution in [0.2, 0.25) is 0 Å². The van der Waals surface area contributed by atoms with E-state index in [0.29, 0.717) is 12.8 Å². The van der Waals surface area contributed by atoms with Crippen LogP contribution in [0.1, 0.15) is 23.2 Å². The SMILES string of the molecule is CN(C)S(=O)(=O)c1cc(C(=O)O)cc(N(CCCO)CCCO)c1Oc1cccc(F)c1. The highest BCUT2D eigenvalue weighted by Gasteiger charge is 2.29. The molecule has 2 aromatic carbocycles. The zero-order chi connectivity index (χ0) is 23.9. The number of aromatic carboxylic acids is 1. The van der Waals surface area contributed by atoms with E-state index in [4.69, 9.17) is 4.74 Å². The Morgan fingerprint density at radius 1 is 1.06 bits per heavy atom. The van der Waals surface area contributed by atoms with E-state index in [-0.39, 0.29) is 49.1 Å². The maximum absolute atomic E-state index is 13.7. The third kappa shape index (κ3) is 6.16. The number of nitrogens with zero attached hydrogens (tertiary/aromatic N) is 2. The Bertz CT molecular complexity index is 1040. The first-order valence-corrected chi connectivity index (χ1v) is 11.3. The Morgan fingerprint density at radius 3 is 2.19 bits per heavy atom. The predicted molar refractivity (Wildman–Crippen MR) is 116 cm³/mol. The minimum Gasteiger partial charge on any atom is -0.478 e. The van der Waals surface area contributed by atoms with Gasteiger partial charge >= 0.3 is 5.97 Å². The Balaban J connectivity index is 2.82. The molecule has 2 rings (SSSR count). The first-order valence-electron chi connectivity index (χ1n) is 9.85. The molecule has 0 aliphatic heterocycles. The normalized spacial score (nSPS) is 11.6. The van der Waals surface area contributed by atoms with Gasteiger partial charge in [0, 0.05) is 46.5 Å². The number of hydrogen-bond donors (Lipinski definition) is 3. The molecule has 0 unspecified atom stereocenters. The molecule has 0 bridgehead atoms. The van der Waals surface area contributed by atoms with Crippen LogP contribution in [0.3, 0.4) is 0 Å². The standard InChI is InChI=1S/C21H27FN2O7S/c1-23(2)32(29,30)19-13-15(21(27)28)12-18(24(8-4-10-25)9-5-11-26)20(19)31-17-7-3-6-16(22)14-17/h3,6-7,12-14,25-26H,4-5,8-11H2,1-2H3,(H,27,28). The fourth-order valence-corrected chi connectivity index (χ4v) is 4.01. The van der Waals surface area contributed by atoms with E-state index in [1.807, 2.05) is 0 Å². The lowest BCUT2D eigenvalue weighted by Gasteiger charge is -2.28. The van der Waals surface area contributed by atoms with Crippen molar-refractivity contribution in [2.24, 2.45) is 0 Å². The molecule has 0 aromatic heterocycles.